The van der Waals surface area contributed by atoms with Crippen molar-refractivity contribution in [2.24, 2.45) is 11.8 Å². The number of hydrogen-bond donors (Lipinski definition) is 12. The zero-order chi connectivity index (χ0) is 40.5. The Balaban J connectivity index is 0.000000244. The number of aromatic carboxylic acids is 1. The van der Waals surface area contributed by atoms with Gasteiger partial charge < -0.3 is 85.0 Å². The zero-order valence-corrected chi connectivity index (χ0v) is 28.4. The second-order valence-electron chi connectivity index (χ2n) is 11.7. The molecule has 3 aliphatic rings. The summed E-state index contributed by atoms with van der Waals surface area (Å²) in [5.74, 6) is -5.94. The molecule has 2 heterocycles. The molecule has 0 radical (unpaired) electrons. The molecule has 296 valence electrons. The lowest BCUT2D eigenvalue weighted by Crippen LogP contribution is -2.61. The normalized spacial score (nSPS) is 28.3. The third kappa shape index (κ3) is 9.94. The van der Waals surface area contributed by atoms with Crippen LogP contribution in [0.15, 0.2) is 60.4 Å². The molecule has 12 N–H and O–H groups in total. The Labute approximate surface area is 305 Å². The van der Waals surface area contributed by atoms with Crippen LogP contribution in [0, 0.1) is 11.8 Å². The average Bonchev–Trinajstić information content (AvgIpc) is 3.50. The number of aliphatic hydroxyl groups is 6. The molecule has 54 heavy (non-hydrogen) atoms. The highest BCUT2D eigenvalue weighted by Crippen LogP contribution is 2.45. The van der Waals surface area contributed by atoms with E-state index in [9.17, 15) is 55.2 Å². The number of allylic oxidation sites excluding steroid dienone is 1. The number of hydrogen-bond acceptors (Lipinski definition) is 17. The molecule has 0 saturated carbocycles. The SMILES string of the molecule is COc1cc(C(=O)O)cc(OC)c1O.O=C(O)/C=C/c1ccc(O)c(O)c1.O=C(O)C1=CO[C@@H](O[C@@H]2O[C@H](CO)[C@@H](O)[C@H](O)[C@H]2O)C2[C@@H]1C=C[C@]2(O)CO. The van der Waals surface area contributed by atoms with Crippen molar-refractivity contribution in [3.8, 4) is 28.7 Å². The average molecular weight is 769 g/mol. The van der Waals surface area contributed by atoms with Crippen LogP contribution in [-0.2, 0) is 23.8 Å². The number of benzene rings is 2. The molecular formula is C34H40O20. The highest BCUT2D eigenvalue weighted by Gasteiger charge is 2.55. The zero-order valence-electron chi connectivity index (χ0n) is 28.4. The first-order valence-corrected chi connectivity index (χ1v) is 15.6. The summed E-state index contributed by atoms with van der Waals surface area (Å²) in [4.78, 5) is 32.2. The van der Waals surface area contributed by atoms with E-state index in [1.807, 2.05) is 0 Å². The molecule has 2 aromatic rings. The van der Waals surface area contributed by atoms with Crippen molar-refractivity contribution in [2.75, 3.05) is 27.4 Å². The molecule has 1 aliphatic carbocycles. The first-order valence-electron chi connectivity index (χ1n) is 15.6. The molecule has 20 nitrogen and oxygen atoms in total. The first-order chi connectivity index (χ1) is 25.4. The number of ether oxygens (including phenoxy) is 5. The predicted octanol–water partition coefficient (Wildman–Crippen LogP) is -1.04. The summed E-state index contributed by atoms with van der Waals surface area (Å²) in [6, 6.07) is 6.50. The van der Waals surface area contributed by atoms with Crippen molar-refractivity contribution >= 4 is 24.0 Å². The number of phenols is 3. The number of aliphatic carboxylic acids is 2. The van der Waals surface area contributed by atoms with Crippen molar-refractivity contribution in [3.63, 3.8) is 0 Å². The van der Waals surface area contributed by atoms with Gasteiger partial charge in [0.15, 0.2) is 29.3 Å². The summed E-state index contributed by atoms with van der Waals surface area (Å²) in [5, 5.41) is 113. The van der Waals surface area contributed by atoms with Crippen molar-refractivity contribution < 1.29 is 99.3 Å². The van der Waals surface area contributed by atoms with E-state index in [4.69, 9.17) is 44.1 Å². The monoisotopic (exact) mass is 768 g/mol. The minimum absolute atomic E-state index is 0.00324. The summed E-state index contributed by atoms with van der Waals surface area (Å²) >= 11 is 0. The molecule has 1 unspecified atom stereocenters. The second kappa shape index (κ2) is 18.5. The molecule has 9 atom stereocenters. The third-order valence-corrected chi connectivity index (χ3v) is 8.30. The Morgan fingerprint density at radius 3 is 1.98 bits per heavy atom. The van der Waals surface area contributed by atoms with Crippen LogP contribution in [-0.4, -0.2) is 149 Å². The van der Waals surface area contributed by atoms with Crippen LogP contribution >= 0.6 is 0 Å². The maximum atomic E-state index is 11.4. The molecule has 2 aliphatic heterocycles. The number of fused-ring (bicyclic) bond motifs is 1. The molecule has 5 rings (SSSR count). The predicted molar refractivity (Wildman–Crippen MR) is 178 cm³/mol. The fourth-order valence-corrected chi connectivity index (χ4v) is 5.43. The van der Waals surface area contributed by atoms with Gasteiger partial charge in [0.1, 0.15) is 30.0 Å². The van der Waals surface area contributed by atoms with Gasteiger partial charge in [0.25, 0.3) is 0 Å². The van der Waals surface area contributed by atoms with Gasteiger partial charge in [-0.1, -0.05) is 18.2 Å². The Bertz CT molecular complexity index is 1710. The molecule has 2 aromatic carbocycles. The number of carboxylic acids is 3. The van der Waals surface area contributed by atoms with Gasteiger partial charge in [-0.2, -0.15) is 0 Å². The second-order valence-corrected chi connectivity index (χ2v) is 11.7. The van der Waals surface area contributed by atoms with E-state index >= 15 is 0 Å². The van der Waals surface area contributed by atoms with Gasteiger partial charge in [-0.05, 0) is 35.9 Å². The Morgan fingerprint density at radius 1 is 0.852 bits per heavy atom. The smallest absolute Gasteiger partial charge is 0.335 e. The lowest BCUT2D eigenvalue weighted by molar-refractivity contribution is -0.346. The van der Waals surface area contributed by atoms with Crippen molar-refractivity contribution in [2.45, 2.75) is 42.6 Å². The minimum Gasteiger partial charge on any atom is -0.504 e. The van der Waals surface area contributed by atoms with Crippen molar-refractivity contribution in [3.05, 3.63) is 71.5 Å². The summed E-state index contributed by atoms with van der Waals surface area (Å²) in [6.07, 6.45) is -3.21. The maximum Gasteiger partial charge on any atom is 0.335 e. The lowest BCUT2D eigenvalue weighted by atomic mass is 9.79. The molecule has 1 fully saturated rings. The number of aliphatic hydroxyl groups excluding tert-OH is 5. The van der Waals surface area contributed by atoms with Crippen LogP contribution in [0.25, 0.3) is 6.08 Å². The summed E-state index contributed by atoms with van der Waals surface area (Å²) in [7, 11) is 2.67. The van der Waals surface area contributed by atoms with E-state index in [2.05, 4.69) is 0 Å². The van der Waals surface area contributed by atoms with E-state index in [1.54, 1.807) is 0 Å². The van der Waals surface area contributed by atoms with Gasteiger partial charge in [0.2, 0.25) is 12.0 Å². The number of carboxylic acid groups (broad SMARTS) is 3. The van der Waals surface area contributed by atoms with Gasteiger partial charge in [0.05, 0.1) is 50.7 Å². The van der Waals surface area contributed by atoms with E-state index in [1.165, 1.54) is 62.8 Å². The Kier molecular flexibility index (Phi) is 14.7. The molecule has 0 amide bonds. The van der Waals surface area contributed by atoms with Crippen molar-refractivity contribution in [1.29, 1.82) is 0 Å². The summed E-state index contributed by atoms with van der Waals surface area (Å²) < 4.78 is 25.6. The van der Waals surface area contributed by atoms with Gasteiger partial charge in [-0.3, -0.25) is 0 Å². The van der Waals surface area contributed by atoms with Crippen LogP contribution in [0.5, 0.6) is 28.7 Å². The van der Waals surface area contributed by atoms with Crippen LogP contribution in [0.1, 0.15) is 15.9 Å². The fraction of sp³-hybridized carbons (Fsp3) is 0.382. The van der Waals surface area contributed by atoms with Crippen LogP contribution < -0.4 is 9.47 Å². The van der Waals surface area contributed by atoms with E-state index in [-0.39, 0.29) is 39.9 Å². The lowest BCUT2D eigenvalue weighted by Gasteiger charge is -2.44. The minimum atomic E-state index is -1.85. The molecule has 0 spiro atoms. The van der Waals surface area contributed by atoms with Gasteiger partial charge in [0, 0.05) is 12.0 Å². The molecular weight excluding hydrogens is 728 g/mol. The van der Waals surface area contributed by atoms with Crippen LogP contribution in [0.4, 0.5) is 0 Å². The number of carbonyl (C=O) groups is 3. The molecule has 0 bridgehead atoms. The third-order valence-electron chi connectivity index (χ3n) is 8.30. The Morgan fingerprint density at radius 2 is 1.48 bits per heavy atom. The molecule has 1 saturated heterocycles. The van der Waals surface area contributed by atoms with E-state index < -0.39 is 85.6 Å². The topological polar surface area (TPSA) is 340 Å². The molecule has 0 aromatic heterocycles. The summed E-state index contributed by atoms with van der Waals surface area (Å²) in [6.45, 7) is -1.40. The van der Waals surface area contributed by atoms with E-state index in [0.717, 1.165) is 12.3 Å². The fourth-order valence-electron chi connectivity index (χ4n) is 5.43. The van der Waals surface area contributed by atoms with Crippen LogP contribution in [0.3, 0.4) is 0 Å². The number of rotatable bonds is 10. The van der Waals surface area contributed by atoms with Crippen LogP contribution in [0.2, 0.25) is 0 Å². The number of phenolic OH excluding ortho intramolecular Hbond substituents is 3. The van der Waals surface area contributed by atoms with Gasteiger partial charge in [-0.15, -0.1) is 0 Å². The number of aromatic hydroxyl groups is 3. The van der Waals surface area contributed by atoms with E-state index in [0.29, 0.717) is 5.56 Å². The maximum absolute atomic E-state index is 11.4. The first kappa shape index (κ1) is 43.0. The highest BCUT2D eigenvalue weighted by atomic mass is 16.8. The van der Waals surface area contributed by atoms with Crippen molar-refractivity contribution in [1.82, 2.24) is 0 Å². The Hall–Kier alpha value is -5.45. The summed E-state index contributed by atoms with van der Waals surface area (Å²) in [5.41, 5.74) is -1.50. The number of methoxy groups -OCH3 is 2. The quantitative estimate of drug-likeness (QED) is 0.0780. The largest absolute Gasteiger partial charge is 0.504 e. The van der Waals surface area contributed by atoms with Gasteiger partial charge in [-0.25, -0.2) is 14.4 Å². The van der Waals surface area contributed by atoms with Gasteiger partial charge >= 0.3 is 17.9 Å². The highest BCUT2D eigenvalue weighted by molar-refractivity contribution is 5.89. The standard InChI is InChI=1S/C16H22O11.C9H10O5.C9H8O4/c17-3-8-10(19)11(20)12(21)15(26-8)27-14-9-6(1-2-16(9,24)5-18)7(4-25-14)13(22)23;1-13-6-3-5(9(11)12)4-7(14-2)8(6)10;10-7-3-1-6(5-8(7)11)2-4-9(12)13/h1-2,4,6,8-12,14-15,17-21,24H,3,5H2,(H,22,23);3-4,10H,1-2H3,(H,11,12);1-5,10-11H,(H,12,13)/b;;4-2+/t6-,8-,9?,10-,11+,12-,14+,15+,16+;;/m1../s1. The molecule has 20 heteroatoms.